The van der Waals surface area contributed by atoms with E-state index < -0.39 is 41.9 Å². The lowest BCUT2D eigenvalue weighted by atomic mass is 10.6. The van der Waals surface area contributed by atoms with Crippen molar-refractivity contribution in [3.63, 3.8) is 0 Å². The van der Waals surface area contributed by atoms with Crippen molar-refractivity contribution in [3.05, 3.63) is 32.2 Å². The Labute approximate surface area is 112 Å². The van der Waals surface area contributed by atoms with Crippen LogP contribution in [0.3, 0.4) is 0 Å². The lowest BCUT2D eigenvalue weighted by Crippen LogP contribution is -1.79. The van der Waals surface area contributed by atoms with Crippen molar-refractivity contribution in [1.82, 2.24) is 0 Å². The maximum atomic E-state index is 13.0. The second-order valence-electron chi connectivity index (χ2n) is 2.75. The minimum atomic E-state index is -1.42. The molecule has 0 aliphatic heterocycles. The fourth-order valence-corrected chi connectivity index (χ4v) is 4.92. The average molecular weight is 338 g/mol. The van der Waals surface area contributed by atoms with E-state index in [0.29, 0.717) is 0 Å². The molecular formula is C8F6S4. The smallest absolute Gasteiger partial charge is 0.201 e. The van der Waals surface area contributed by atoms with E-state index in [1.165, 1.54) is 0 Å². The summed E-state index contributed by atoms with van der Waals surface area (Å²) < 4.78 is 77.4. The molecule has 0 amide bonds. The molecule has 0 N–H and O–H groups in total. The first kappa shape index (κ1) is 14.1. The molecule has 98 valence electrons. The summed E-state index contributed by atoms with van der Waals surface area (Å²) in [5, 5.41) is -4.99. The third-order valence-corrected chi connectivity index (χ3v) is 5.79. The Balaban J connectivity index is 2.21. The summed E-state index contributed by atoms with van der Waals surface area (Å²) in [7, 11) is 0.573. The van der Waals surface area contributed by atoms with Crippen LogP contribution in [0.25, 0.3) is 0 Å². The molecule has 18 heavy (non-hydrogen) atoms. The van der Waals surface area contributed by atoms with Crippen molar-refractivity contribution in [3.8, 4) is 0 Å². The van der Waals surface area contributed by atoms with Crippen LogP contribution < -0.4 is 0 Å². The molecule has 10 heteroatoms. The topological polar surface area (TPSA) is 0 Å². The Morgan fingerprint density at radius 2 is 0.889 bits per heavy atom. The number of hydrogen-bond acceptors (Lipinski definition) is 4. The summed E-state index contributed by atoms with van der Waals surface area (Å²) in [5.74, 6) is -2.85. The molecule has 0 aromatic carbocycles. The first-order valence-corrected chi connectivity index (χ1v) is 7.81. The summed E-state index contributed by atoms with van der Waals surface area (Å²) in [5.41, 5.74) is 0. The molecule has 2 rings (SSSR count). The molecular weight excluding hydrogens is 338 g/mol. The van der Waals surface area contributed by atoms with E-state index in [4.69, 9.17) is 0 Å². The van der Waals surface area contributed by atoms with E-state index in [0.717, 1.165) is 0 Å². The van der Waals surface area contributed by atoms with Crippen molar-refractivity contribution in [2.45, 2.75) is 9.79 Å². The first-order valence-electron chi connectivity index (χ1n) is 4.03. The molecule has 0 atom stereocenters. The predicted octanol–water partition coefficient (Wildman–Crippen LogP) is 5.44. The highest BCUT2D eigenvalue weighted by Gasteiger charge is 2.24. The minimum absolute atomic E-state index is 0.0569. The van der Waals surface area contributed by atoms with Crippen LogP contribution in [0.15, 0.2) is 9.79 Å². The first-order chi connectivity index (χ1) is 8.41. The highest BCUT2D eigenvalue weighted by molar-refractivity contribution is 8.76. The predicted molar refractivity (Wildman–Crippen MR) is 60.1 cm³/mol. The fraction of sp³-hybridized carbons (Fsp3) is 0. The summed E-state index contributed by atoms with van der Waals surface area (Å²) in [6, 6.07) is 0. The van der Waals surface area contributed by atoms with Gasteiger partial charge in [0.25, 0.3) is 0 Å². The van der Waals surface area contributed by atoms with Gasteiger partial charge in [0.2, 0.25) is 10.3 Å². The van der Waals surface area contributed by atoms with Crippen molar-refractivity contribution >= 4 is 44.3 Å². The van der Waals surface area contributed by atoms with Crippen molar-refractivity contribution in [2.24, 2.45) is 0 Å². The van der Waals surface area contributed by atoms with Crippen LogP contribution in [0.5, 0.6) is 0 Å². The van der Waals surface area contributed by atoms with Crippen LogP contribution in [0.4, 0.5) is 26.3 Å². The molecule has 0 spiro atoms. The zero-order chi connectivity index (χ0) is 13.4. The van der Waals surface area contributed by atoms with Gasteiger partial charge in [0.05, 0.1) is 0 Å². The summed E-state index contributed by atoms with van der Waals surface area (Å²) in [6.45, 7) is 0. The molecule has 0 aliphatic carbocycles. The number of halogens is 6. The Morgan fingerprint density at radius 1 is 0.556 bits per heavy atom. The van der Waals surface area contributed by atoms with Crippen LogP contribution in [-0.2, 0) is 0 Å². The summed E-state index contributed by atoms with van der Waals surface area (Å²) >= 11 is -0.114. The lowest BCUT2D eigenvalue weighted by molar-refractivity contribution is 0.504. The minimum Gasteiger partial charge on any atom is -0.201 e. The van der Waals surface area contributed by atoms with Crippen molar-refractivity contribution < 1.29 is 26.3 Å². The van der Waals surface area contributed by atoms with Gasteiger partial charge in [-0.2, -0.15) is 17.6 Å². The number of thiophene rings is 2. The molecule has 0 fully saturated rings. The van der Waals surface area contributed by atoms with E-state index >= 15 is 0 Å². The maximum Gasteiger partial charge on any atom is 0.216 e. The lowest BCUT2D eigenvalue weighted by Gasteiger charge is -1.97. The van der Waals surface area contributed by atoms with Crippen LogP contribution in [0.1, 0.15) is 0 Å². The van der Waals surface area contributed by atoms with Gasteiger partial charge < -0.3 is 0 Å². The molecule has 0 saturated heterocycles. The SMILES string of the molecule is Fc1sc(F)c(SSc2c(F)sc(F)c2F)c1F. The van der Waals surface area contributed by atoms with Gasteiger partial charge in [-0.05, 0) is 21.6 Å². The Bertz CT molecular complexity index is 537. The third-order valence-electron chi connectivity index (χ3n) is 1.67. The Hall–Kier alpha value is -0.320. The molecule has 2 heterocycles. The zero-order valence-corrected chi connectivity index (χ0v) is 11.2. The highest BCUT2D eigenvalue weighted by atomic mass is 33.1. The number of hydrogen-bond donors (Lipinski definition) is 0. The molecule has 0 saturated carbocycles. The highest BCUT2D eigenvalue weighted by Crippen LogP contribution is 2.46. The van der Waals surface area contributed by atoms with Crippen LogP contribution in [0, 0.1) is 32.2 Å². The van der Waals surface area contributed by atoms with E-state index in [2.05, 4.69) is 0 Å². The van der Waals surface area contributed by atoms with E-state index in [1.54, 1.807) is 0 Å². The van der Waals surface area contributed by atoms with Crippen LogP contribution in [0.2, 0.25) is 0 Å². The summed E-state index contributed by atoms with van der Waals surface area (Å²) in [4.78, 5) is -1.40. The van der Waals surface area contributed by atoms with Gasteiger partial charge in [0.15, 0.2) is 21.9 Å². The Kier molecular flexibility index (Phi) is 4.19. The molecule has 0 nitrogen and oxygen atoms in total. The quantitative estimate of drug-likeness (QED) is 0.540. The molecule has 2 aromatic rings. The Morgan fingerprint density at radius 3 is 1.11 bits per heavy atom. The fourth-order valence-electron chi connectivity index (χ4n) is 0.913. The van der Waals surface area contributed by atoms with Crippen molar-refractivity contribution in [1.29, 1.82) is 0 Å². The second-order valence-corrected chi connectivity index (χ2v) is 6.74. The number of rotatable bonds is 3. The zero-order valence-electron chi connectivity index (χ0n) is 7.90. The van der Waals surface area contributed by atoms with E-state index in [9.17, 15) is 26.3 Å². The summed E-state index contributed by atoms with van der Waals surface area (Å²) in [6.07, 6.45) is 0. The molecule has 0 radical (unpaired) electrons. The van der Waals surface area contributed by atoms with Gasteiger partial charge in [-0.3, -0.25) is 0 Å². The van der Waals surface area contributed by atoms with Gasteiger partial charge in [-0.25, -0.2) is 8.78 Å². The van der Waals surface area contributed by atoms with E-state index in [1.807, 2.05) is 0 Å². The van der Waals surface area contributed by atoms with Crippen LogP contribution >= 0.6 is 44.3 Å². The maximum absolute atomic E-state index is 13.0. The second kappa shape index (κ2) is 5.35. The molecule has 0 bridgehead atoms. The standard InChI is InChI=1S/C8F6S4/c9-1-3(7(13)15-5(1)11)17-18-4-2(10)6(12)16-8(4)14. The van der Waals surface area contributed by atoms with Gasteiger partial charge in [-0.1, -0.05) is 22.7 Å². The normalized spacial score (nSPS) is 11.2. The average Bonchev–Trinajstić information content (AvgIpc) is 2.67. The third kappa shape index (κ3) is 2.51. The van der Waals surface area contributed by atoms with Gasteiger partial charge in [0.1, 0.15) is 9.79 Å². The molecule has 0 aliphatic rings. The molecule has 0 unspecified atom stereocenters. The molecule has 2 aromatic heterocycles. The van der Waals surface area contributed by atoms with Gasteiger partial charge >= 0.3 is 0 Å². The largest absolute Gasteiger partial charge is 0.216 e. The van der Waals surface area contributed by atoms with Crippen molar-refractivity contribution in [2.75, 3.05) is 0 Å². The van der Waals surface area contributed by atoms with E-state index in [-0.39, 0.29) is 44.3 Å². The van der Waals surface area contributed by atoms with Gasteiger partial charge in [-0.15, -0.1) is 0 Å². The van der Waals surface area contributed by atoms with Crippen LogP contribution in [-0.4, -0.2) is 0 Å². The van der Waals surface area contributed by atoms with Gasteiger partial charge in [0, 0.05) is 0 Å². The monoisotopic (exact) mass is 338 g/mol.